The number of unbranched alkanes of at least 4 members (excludes halogenated alkanes) is 2. The van der Waals surface area contributed by atoms with Gasteiger partial charge in [-0.05, 0) is 39.3 Å². The van der Waals surface area contributed by atoms with Crippen LogP contribution in [0.15, 0.2) is 12.7 Å². The van der Waals surface area contributed by atoms with Gasteiger partial charge in [-0.25, -0.2) is 0 Å². The van der Waals surface area contributed by atoms with Crippen LogP contribution in [-0.2, 0) is 9.59 Å². The van der Waals surface area contributed by atoms with E-state index in [4.69, 9.17) is 0 Å². The number of hydrogen-bond donors (Lipinski definition) is 2. The first-order valence-electron chi connectivity index (χ1n) is 8.50. The standard InChI is InChI=1S/C17H31N3O2/c1-4-6-7-11-19-17(22)15-8-12-20(13-9-15)14(3)16(21)18-10-5-2/h5,14-15H,2,4,6-13H2,1,3H3,(H,18,21)(H,19,22). The van der Waals surface area contributed by atoms with Crippen molar-refractivity contribution < 1.29 is 9.59 Å². The SMILES string of the molecule is C=CCNC(=O)C(C)N1CCC(C(=O)NCCCCC)CC1. The Morgan fingerprint density at radius 1 is 1.27 bits per heavy atom. The summed E-state index contributed by atoms with van der Waals surface area (Å²) in [6.07, 6.45) is 6.73. The average Bonchev–Trinajstić information content (AvgIpc) is 2.55. The third kappa shape index (κ3) is 6.18. The van der Waals surface area contributed by atoms with E-state index in [-0.39, 0.29) is 23.8 Å². The van der Waals surface area contributed by atoms with E-state index in [1.54, 1.807) is 6.08 Å². The lowest BCUT2D eigenvalue weighted by Gasteiger charge is -2.34. The molecule has 5 heteroatoms. The summed E-state index contributed by atoms with van der Waals surface area (Å²) in [5.74, 6) is 0.309. The predicted molar refractivity (Wildman–Crippen MR) is 89.5 cm³/mol. The zero-order chi connectivity index (χ0) is 16.4. The van der Waals surface area contributed by atoms with Crippen molar-refractivity contribution in [2.45, 2.75) is 52.0 Å². The molecule has 126 valence electrons. The maximum atomic E-state index is 12.1. The summed E-state index contributed by atoms with van der Waals surface area (Å²) in [7, 11) is 0. The van der Waals surface area contributed by atoms with Crippen molar-refractivity contribution in [3.63, 3.8) is 0 Å². The van der Waals surface area contributed by atoms with Crippen LogP contribution < -0.4 is 10.6 Å². The monoisotopic (exact) mass is 309 g/mol. The van der Waals surface area contributed by atoms with Gasteiger partial charge in [0.25, 0.3) is 0 Å². The van der Waals surface area contributed by atoms with Crippen molar-refractivity contribution >= 4 is 11.8 Å². The lowest BCUT2D eigenvalue weighted by atomic mass is 9.95. The van der Waals surface area contributed by atoms with Crippen LogP contribution in [0.5, 0.6) is 0 Å². The van der Waals surface area contributed by atoms with Gasteiger partial charge in [0.15, 0.2) is 0 Å². The van der Waals surface area contributed by atoms with E-state index in [1.165, 1.54) is 6.42 Å². The minimum atomic E-state index is -0.145. The van der Waals surface area contributed by atoms with Crippen molar-refractivity contribution in [3.8, 4) is 0 Å². The highest BCUT2D eigenvalue weighted by Crippen LogP contribution is 2.19. The maximum absolute atomic E-state index is 12.1. The molecule has 1 heterocycles. The lowest BCUT2D eigenvalue weighted by Crippen LogP contribution is -2.49. The molecular weight excluding hydrogens is 278 g/mol. The Labute approximate surface area is 134 Å². The number of nitrogens with one attached hydrogen (secondary N) is 2. The molecular formula is C17H31N3O2. The Morgan fingerprint density at radius 2 is 1.95 bits per heavy atom. The Balaban J connectivity index is 2.28. The van der Waals surface area contributed by atoms with Gasteiger partial charge in [0.05, 0.1) is 6.04 Å². The van der Waals surface area contributed by atoms with E-state index in [0.717, 1.165) is 45.3 Å². The summed E-state index contributed by atoms with van der Waals surface area (Å²) in [4.78, 5) is 26.2. The fourth-order valence-electron chi connectivity index (χ4n) is 2.77. The first-order valence-corrected chi connectivity index (χ1v) is 8.50. The number of carbonyl (C=O) groups is 2. The summed E-state index contributed by atoms with van der Waals surface area (Å²) in [6, 6.07) is -0.145. The highest BCUT2D eigenvalue weighted by Gasteiger charge is 2.29. The number of piperidine rings is 1. The second-order valence-electron chi connectivity index (χ2n) is 6.02. The molecule has 2 amide bonds. The van der Waals surface area contributed by atoms with E-state index < -0.39 is 0 Å². The van der Waals surface area contributed by atoms with Crippen LogP contribution in [0, 0.1) is 5.92 Å². The zero-order valence-electron chi connectivity index (χ0n) is 14.1. The number of amides is 2. The molecule has 5 nitrogen and oxygen atoms in total. The van der Waals surface area contributed by atoms with Crippen molar-refractivity contribution in [2.24, 2.45) is 5.92 Å². The minimum Gasteiger partial charge on any atom is -0.356 e. The van der Waals surface area contributed by atoms with E-state index in [0.29, 0.717) is 6.54 Å². The van der Waals surface area contributed by atoms with Crippen LogP contribution in [0.4, 0.5) is 0 Å². The molecule has 0 bridgehead atoms. The van der Waals surface area contributed by atoms with E-state index in [1.807, 2.05) is 6.92 Å². The Bertz CT molecular complexity index is 363. The number of hydrogen-bond acceptors (Lipinski definition) is 3. The second-order valence-corrected chi connectivity index (χ2v) is 6.02. The van der Waals surface area contributed by atoms with Crippen molar-refractivity contribution in [1.29, 1.82) is 0 Å². The molecule has 1 rings (SSSR count). The van der Waals surface area contributed by atoms with Crippen LogP contribution in [0.1, 0.15) is 46.0 Å². The molecule has 0 saturated carbocycles. The Hall–Kier alpha value is -1.36. The molecule has 1 fully saturated rings. The van der Waals surface area contributed by atoms with Gasteiger partial charge in [-0.15, -0.1) is 6.58 Å². The molecule has 1 aliphatic rings. The molecule has 22 heavy (non-hydrogen) atoms. The molecule has 1 unspecified atom stereocenters. The summed E-state index contributed by atoms with van der Waals surface area (Å²) in [5.41, 5.74) is 0. The molecule has 0 aromatic heterocycles. The molecule has 0 aliphatic carbocycles. The number of nitrogens with zero attached hydrogens (tertiary/aromatic N) is 1. The van der Waals surface area contributed by atoms with Crippen molar-refractivity contribution in [2.75, 3.05) is 26.2 Å². The van der Waals surface area contributed by atoms with Gasteiger partial charge >= 0.3 is 0 Å². The van der Waals surface area contributed by atoms with E-state index in [9.17, 15) is 9.59 Å². The first kappa shape index (κ1) is 18.7. The number of rotatable bonds is 9. The molecule has 0 spiro atoms. The predicted octanol–water partition coefficient (Wildman–Crippen LogP) is 1.70. The zero-order valence-corrected chi connectivity index (χ0v) is 14.1. The fourth-order valence-corrected chi connectivity index (χ4v) is 2.77. The molecule has 1 aliphatic heterocycles. The van der Waals surface area contributed by atoms with Gasteiger partial charge < -0.3 is 10.6 Å². The van der Waals surface area contributed by atoms with Gasteiger partial charge in [0.1, 0.15) is 0 Å². The van der Waals surface area contributed by atoms with Crippen LogP contribution in [0.2, 0.25) is 0 Å². The largest absolute Gasteiger partial charge is 0.356 e. The summed E-state index contributed by atoms with van der Waals surface area (Å²) < 4.78 is 0. The second kappa shape index (κ2) is 10.4. The highest BCUT2D eigenvalue weighted by molar-refractivity contribution is 5.81. The van der Waals surface area contributed by atoms with Gasteiger partial charge in [0, 0.05) is 19.0 Å². The summed E-state index contributed by atoms with van der Waals surface area (Å²) >= 11 is 0. The van der Waals surface area contributed by atoms with Gasteiger partial charge in [-0.2, -0.15) is 0 Å². The van der Waals surface area contributed by atoms with Gasteiger partial charge in [0.2, 0.25) is 11.8 Å². The third-order valence-electron chi connectivity index (χ3n) is 4.33. The molecule has 0 radical (unpaired) electrons. The quantitative estimate of drug-likeness (QED) is 0.503. The Kier molecular flexibility index (Phi) is 8.82. The highest BCUT2D eigenvalue weighted by atomic mass is 16.2. The van der Waals surface area contributed by atoms with Crippen molar-refractivity contribution in [1.82, 2.24) is 15.5 Å². The summed E-state index contributed by atoms with van der Waals surface area (Å²) in [6.45, 7) is 10.6. The molecule has 1 saturated heterocycles. The molecule has 0 aromatic carbocycles. The molecule has 0 aromatic rings. The maximum Gasteiger partial charge on any atom is 0.237 e. The van der Waals surface area contributed by atoms with Crippen LogP contribution >= 0.6 is 0 Å². The minimum absolute atomic E-state index is 0.0300. The third-order valence-corrected chi connectivity index (χ3v) is 4.33. The molecule has 1 atom stereocenters. The van der Waals surface area contributed by atoms with Crippen molar-refractivity contribution in [3.05, 3.63) is 12.7 Å². The van der Waals surface area contributed by atoms with E-state index >= 15 is 0 Å². The van der Waals surface area contributed by atoms with Gasteiger partial charge in [-0.3, -0.25) is 14.5 Å². The van der Waals surface area contributed by atoms with Crippen LogP contribution in [0.25, 0.3) is 0 Å². The number of carbonyl (C=O) groups excluding carboxylic acids is 2. The first-order chi connectivity index (χ1) is 10.6. The number of likely N-dealkylation sites (tertiary alicyclic amines) is 1. The summed E-state index contributed by atoms with van der Waals surface area (Å²) in [5, 5.41) is 5.86. The molecule has 2 N–H and O–H groups in total. The van der Waals surface area contributed by atoms with Gasteiger partial charge in [-0.1, -0.05) is 25.8 Å². The van der Waals surface area contributed by atoms with Crippen LogP contribution in [0.3, 0.4) is 0 Å². The fraction of sp³-hybridized carbons (Fsp3) is 0.765. The smallest absolute Gasteiger partial charge is 0.237 e. The average molecular weight is 309 g/mol. The Morgan fingerprint density at radius 3 is 2.55 bits per heavy atom. The van der Waals surface area contributed by atoms with E-state index in [2.05, 4.69) is 29.0 Å². The van der Waals surface area contributed by atoms with Crippen LogP contribution in [-0.4, -0.2) is 48.9 Å². The normalized spacial score (nSPS) is 17.7. The lowest BCUT2D eigenvalue weighted by molar-refractivity contribution is -0.128. The topological polar surface area (TPSA) is 61.4 Å².